The van der Waals surface area contributed by atoms with Gasteiger partial charge in [0.05, 0.1) is 20.3 Å². The molecule has 1 aliphatic heterocycles. The van der Waals surface area contributed by atoms with Gasteiger partial charge in [-0.1, -0.05) is 42.5 Å². The Morgan fingerprint density at radius 1 is 0.912 bits per heavy atom. The molecule has 0 saturated carbocycles. The fourth-order valence-corrected chi connectivity index (χ4v) is 3.50. The van der Waals surface area contributed by atoms with Crippen LogP contribution in [0.2, 0.25) is 0 Å². The number of piperazine rings is 1. The van der Waals surface area contributed by atoms with E-state index in [4.69, 9.17) is 0 Å². The van der Waals surface area contributed by atoms with E-state index < -0.39 is 11.9 Å². The van der Waals surface area contributed by atoms with E-state index >= 15 is 0 Å². The minimum absolute atomic E-state index is 0.0377. The first-order chi connectivity index (χ1) is 16.5. The highest BCUT2D eigenvalue weighted by Gasteiger charge is 2.21. The summed E-state index contributed by atoms with van der Waals surface area (Å²) in [6, 6.07) is 16.9. The van der Waals surface area contributed by atoms with Crippen molar-refractivity contribution in [2.24, 2.45) is 0 Å². The van der Waals surface area contributed by atoms with Gasteiger partial charge >= 0.3 is 11.9 Å². The Labute approximate surface area is 199 Å². The lowest BCUT2D eigenvalue weighted by atomic mass is 10.1. The number of anilines is 1. The van der Waals surface area contributed by atoms with Crippen LogP contribution in [0.5, 0.6) is 0 Å². The highest BCUT2D eigenvalue weighted by molar-refractivity contribution is 5.99. The molecular formula is C26H29N3O5. The van der Waals surface area contributed by atoms with E-state index in [1.165, 1.54) is 19.8 Å². The Kier molecular flexibility index (Phi) is 8.99. The zero-order valence-electron chi connectivity index (χ0n) is 19.4. The minimum Gasteiger partial charge on any atom is -0.466 e. The molecule has 1 fully saturated rings. The first kappa shape index (κ1) is 24.7. The van der Waals surface area contributed by atoms with Crippen LogP contribution >= 0.6 is 0 Å². The number of nitrogens with zero attached hydrogens (tertiary/aromatic N) is 2. The standard InChI is InChI=1S/C26H29N3O5/c1-33-24(30)19-23(26(32)34-2)27-22-12-10-21(11-13-22)25(31)29-17-15-28(16-18-29)14-6-9-20-7-4-3-5-8-20/h3-13,19,27H,14-18H2,1-2H3/b9-6?,23-19+. The van der Waals surface area contributed by atoms with Crippen molar-refractivity contribution in [2.45, 2.75) is 0 Å². The number of hydrogen-bond acceptors (Lipinski definition) is 7. The maximum Gasteiger partial charge on any atom is 0.354 e. The van der Waals surface area contributed by atoms with E-state index in [-0.39, 0.29) is 11.6 Å². The second-order valence-electron chi connectivity index (χ2n) is 7.68. The number of ether oxygens (including phenoxy) is 2. The SMILES string of the molecule is COC(=O)/C=C(/Nc1ccc(C(=O)N2CCN(CC=Cc3ccccc3)CC2)cc1)C(=O)OC. The number of benzene rings is 2. The molecule has 1 amide bonds. The molecule has 1 saturated heterocycles. The Hall–Kier alpha value is -3.91. The number of esters is 2. The van der Waals surface area contributed by atoms with Gasteiger partial charge in [0.15, 0.2) is 0 Å². The second-order valence-corrected chi connectivity index (χ2v) is 7.68. The number of rotatable bonds is 8. The molecule has 0 radical (unpaired) electrons. The van der Waals surface area contributed by atoms with Crippen molar-refractivity contribution in [3.63, 3.8) is 0 Å². The Morgan fingerprint density at radius 3 is 2.21 bits per heavy atom. The Morgan fingerprint density at radius 2 is 1.59 bits per heavy atom. The Balaban J connectivity index is 1.52. The fourth-order valence-electron chi connectivity index (χ4n) is 3.50. The van der Waals surface area contributed by atoms with Gasteiger partial charge in [0.1, 0.15) is 5.70 Å². The summed E-state index contributed by atoms with van der Waals surface area (Å²) >= 11 is 0. The van der Waals surface area contributed by atoms with Gasteiger partial charge in [-0.15, -0.1) is 0 Å². The summed E-state index contributed by atoms with van der Waals surface area (Å²) < 4.78 is 9.24. The number of hydrogen-bond donors (Lipinski definition) is 1. The van der Waals surface area contributed by atoms with E-state index in [0.717, 1.165) is 25.7 Å². The van der Waals surface area contributed by atoms with Gasteiger partial charge in [0.25, 0.3) is 5.91 Å². The molecule has 1 N–H and O–H groups in total. The summed E-state index contributed by atoms with van der Waals surface area (Å²) in [5.41, 5.74) is 2.20. The molecule has 0 spiro atoms. The largest absolute Gasteiger partial charge is 0.466 e. The van der Waals surface area contributed by atoms with Crippen molar-refractivity contribution in [2.75, 3.05) is 52.3 Å². The topological polar surface area (TPSA) is 88.2 Å². The van der Waals surface area contributed by atoms with Crippen LogP contribution in [-0.4, -0.2) is 74.6 Å². The van der Waals surface area contributed by atoms with Crippen LogP contribution in [0, 0.1) is 0 Å². The van der Waals surface area contributed by atoms with Crippen LogP contribution in [0.15, 0.2) is 72.4 Å². The van der Waals surface area contributed by atoms with Crippen molar-refractivity contribution < 1.29 is 23.9 Å². The first-order valence-corrected chi connectivity index (χ1v) is 11.0. The smallest absolute Gasteiger partial charge is 0.354 e. The van der Waals surface area contributed by atoms with Crippen LogP contribution in [-0.2, 0) is 19.1 Å². The van der Waals surface area contributed by atoms with Gasteiger partial charge in [0, 0.05) is 44.0 Å². The summed E-state index contributed by atoms with van der Waals surface area (Å²) in [5.74, 6) is -1.43. The molecule has 1 heterocycles. The van der Waals surface area contributed by atoms with Gasteiger partial charge in [0.2, 0.25) is 0 Å². The van der Waals surface area contributed by atoms with Crippen LogP contribution in [0.3, 0.4) is 0 Å². The third-order valence-electron chi connectivity index (χ3n) is 5.41. The molecule has 0 aliphatic carbocycles. The van der Waals surface area contributed by atoms with Crippen molar-refractivity contribution in [1.29, 1.82) is 0 Å². The number of amides is 1. The number of carbonyl (C=O) groups is 3. The van der Waals surface area contributed by atoms with E-state index in [9.17, 15) is 14.4 Å². The van der Waals surface area contributed by atoms with Gasteiger partial charge in [-0.25, -0.2) is 9.59 Å². The van der Waals surface area contributed by atoms with E-state index in [1.807, 2.05) is 23.1 Å². The zero-order chi connectivity index (χ0) is 24.3. The fraction of sp³-hybridized carbons (Fsp3) is 0.269. The molecule has 2 aromatic rings. The highest BCUT2D eigenvalue weighted by atomic mass is 16.5. The molecule has 34 heavy (non-hydrogen) atoms. The van der Waals surface area contributed by atoms with E-state index in [1.54, 1.807) is 24.3 Å². The lowest BCUT2D eigenvalue weighted by Gasteiger charge is -2.34. The summed E-state index contributed by atoms with van der Waals surface area (Å²) in [6.45, 7) is 3.79. The zero-order valence-corrected chi connectivity index (χ0v) is 19.4. The summed E-state index contributed by atoms with van der Waals surface area (Å²) in [6.07, 6.45) is 5.27. The summed E-state index contributed by atoms with van der Waals surface area (Å²) in [7, 11) is 2.44. The summed E-state index contributed by atoms with van der Waals surface area (Å²) in [4.78, 5) is 40.4. The maximum atomic E-state index is 12.9. The Bertz CT molecular complexity index is 1040. The molecule has 8 heteroatoms. The number of methoxy groups -OCH3 is 2. The van der Waals surface area contributed by atoms with Crippen LogP contribution in [0.1, 0.15) is 15.9 Å². The average molecular weight is 464 g/mol. The highest BCUT2D eigenvalue weighted by Crippen LogP contribution is 2.16. The van der Waals surface area contributed by atoms with Crippen molar-refractivity contribution in [3.05, 3.63) is 83.6 Å². The van der Waals surface area contributed by atoms with Crippen LogP contribution < -0.4 is 5.32 Å². The lowest BCUT2D eigenvalue weighted by molar-refractivity contribution is -0.138. The quantitative estimate of drug-likeness (QED) is 0.476. The van der Waals surface area contributed by atoms with E-state index in [2.05, 4.69) is 44.0 Å². The molecule has 178 valence electrons. The minimum atomic E-state index is -0.706. The molecule has 3 rings (SSSR count). The molecule has 0 aromatic heterocycles. The molecule has 1 aliphatic rings. The average Bonchev–Trinajstić information content (AvgIpc) is 2.88. The normalized spacial score (nSPS) is 14.6. The number of nitrogens with one attached hydrogen (secondary N) is 1. The molecule has 0 atom stereocenters. The van der Waals surface area contributed by atoms with Crippen molar-refractivity contribution >= 4 is 29.6 Å². The van der Waals surface area contributed by atoms with Gasteiger partial charge in [-0.3, -0.25) is 9.69 Å². The van der Waals surface area contributed by atoms with Crippen LogP contribution in [0.4, 0.5) is 5.69 Å². The molecule has 8 nitrogen and oxygen atoms in total. The number of carbonyl (C=O) groups excluding carboxylic acids is 3. The molecular weight excluding hydrogens is 434 g/mol. The van der Waals surface area contributed by atoms with Gasteiger partial charge < -0.3 is 19.7 Å². The predicted octanol–water partition coefficient (Wildman–Crippen LogP) is 2.80. The summed E-state index contributed by atoms with van der Waals surface area (Å²) in [5, 5.41) is 2.83. The van der Waals surface area contributed by atoms with Crippen molar-refractivity contribution in [3.8, 4) is 0 Å². The second kappa shape index (κ2) is 12.4. The monoisotopic (exact) mass is 463 g/mol. The van der Waals surface area contributed by atoms with Gasteiger partial charge in [-0.2, -0.15) is 0 Å². The van der Waals surface area contributed by atoms with Crippen molar-refractivity contribution in [1.82, 2.24) is 9.80 Å². The molecule has 2 aromatic carbocycles. The lowest BCUT2D eigenvalue weighted by Crippen LogP contribution is -2.48. The van der Waals surface area contributed by atoms with Gasteiger partial charge in [-0.05, 0) is 29.8 Å². The maximum absolute atomic E-state index is 12.9. The molecule has 0 bridgehead atoms. The third kappa shape index (κ3) is 7.05. The predicted molar refractivity (Wildman–Crippen MR) is 130 cm³/mol. The molecule has 0 unspecified atom stereocenters. The first-order valence-electron chi connectivity index (χ1n) is 11.0. The van der Waals surface area contributed by atoms with E-state index in [0.29, 0.717) is 24.3 Å². The van der Waals surface area contributed by atoms with Crippen LogP contribution in [0.25, 0.3) is 6.08 Å². The third-order valence-corrected chi connectivity index (χ3v) is 5.41.